The lowest BCUT2D eigenvalue weighted by Gasteiger charge is -2.35. The molecule has 4 rings (SSSR count). The molecule has 8 heteroatoms. The maximum atomic E-state index is 14.7. The Morgan fingerprint density at radius 2 is 1.90 bits per heavy atom. The number of likely N-dealkylation sites (N-methyl/N-ethyl adjacent to an activating group) is 1. The Hall–Kier alpha value is -2.45. The highest BCUT2D eigenvalue weighted by molar-refractivity contribution is 7.18. The maximum Gasteiger partial charge on any atom is 0.261 e. The molecule has 2 aliphatic rings. The van der Waals surface area contributed by atoms with E-state index >= 15 is 0 Å². The van der Waals surface area contributed by atoms with Gasteiger partial charge in [-0.3, -0.25) is 9.59 Å². The predicted octanol–water partition coefficient (Wildman–Crippen LogP) is 3.31. The number of halogens is 1. The summed E-state index contributed by atoms with van der Waals surface area (Å²) in [5.41, 5.74) is 1.34. The SMILES string of the molecule is CCN1CCN(c2ccc(CNC(=O)c3ccc(NC(=O)C4CC4)s3)cc2F)CC1. The van der Waals surface area contributed by atoms with Crippen LogP contribution in [0.5, 0.6) is 0 Å². The third-order valence-corrected chi connectivity index (χ3v) is 6.65. The summed E-state index contributed by atoms with van der Waals surface area (Å²) in [6.45, 7) is 6.93. The highest BCUT2D eigenvalue weighted by Gasteiger charge is 2.30. The lowest BCUT2D eigenvalue weighted by molar-refractivity contribution is -0.117. The van der Waals surface area contributed by atoms with Crippen molar-refractivity contribution in [3.63, 3.8) is 0 Å². The fourth-order valence-corrected chi connectivity index (χ4v) is 4.41. The van der Waals surface area contributed by atoms with Crippen molar-refractivity contribution in [1.82, 2.24) is 10.2 Å². The second kappa shape index (κ2) is 9.14. The molecule has 30 heavy (non-hydrogen) atoms. The van der Waals surface area contributed by atoms with Crippen molar-refractivity contribution in [3.8, 4) is 0 Å². The molecule has 0 atom stereocenters. The summed E-state index contributed by atoms with van der Waals surface area (Å²) in [5, 5.41) is 6.35. The molecule has 1 aromatic heterocycles. The number of carbonyl (C=O) groups is 2. The van der Waals surface area contributed by atoms with Crippen molar-refractivity contribution in [3.05, 3.63) is 46.6 Å². The molecule has 0 unspecified atom stereocenters. The van der Waals surface area contributed by atoms with Crippen LogP contribution in [-0.2, 0) is 11.3 Å². The highest BCUT2D eigenvalue weighted by Crippen LogP contribution is 2.31. The predicted molar refractivity (Wildman–Crippen MR) is 118 cm³/mol. The van der Waals surface area contributed by atoms with E-state index in [1.54, 1.807) is 18.2 Å². The molecule has 0 bridgehead atoms. The number of thiophene rings is 1. The molecule has 2 heterocycles. The standard InChI is InChI=1S/C22H27FN4O2S/c1-2-26-9-11-27(12-10-26)18-6-3-15(13-17(18)23)14-24-22(29)19-7-8-20(30-19)25-21(28)16-4-5-16/h3,6-8,13,16H,2,4-5,9-12,14H2,1H3,(H,24,29)(H,25,28). The molecule has 1 aromatic carbocycles. The molecular weight excluding hydrogens is 403 g/mol. The van der Waals surface area contributed by atoms with Crippen LogP contribution in [-0.4, -0.2) is 49.4 Å². The Labute approximate surface area is 180 Å². The maximum absolute atomic E-state index is 14.7. The van der Waals surface area contributed by atoms with E-state index in [0.29, 0.717) is 15.6 Å². The first-order chi connectivity index (χ1) is 14.5. The van der Waals surface area contributed by atoms with Crippen LogP contribution in [0.15, 0.2) is 30.3 Å². The summed E-state index contributed by atoms with van der Waals surface area (Å²) >= 11 is 1.25. The first-order valence-corrected chi connectivity index (χ1v) is 11.3. The molecule has 6 nitrogen and oxygen atoms in total. The second-order valence-electron chi connectivity index (χ2n) is 7.82. The molecule has 1 aliphatic carbocycles. The van der Waals surface area contributed by atoms with Crippen LogP contribution in [0.2, 0.25) is 0 Å². The van der Waals surface area contributed by atoms with Crippen molar-refractivity contribution in [1.29, 1.82) is 0 Å². The summed E-state index contributed by atoms with van der Waals surface area (Å²) < 4.78 is 14.7. The summed E-state index contributed by atoms with van der Waals surface area (Å²) in [7, 11) is 0. The van der Waals surface area contributed by atoms with E-state index in [4.69, 9.17) is 0 Å². The molecule has 1 saturated carbocycles. The number of benzene rings is 1. The van der Waals surface area contributed by atoms with Crippen LogP contribution >= 0.6 is 11.3 Å². The van der Waals surface area contributed by atoms with Crippen LogP contribution < -0.4 is 15.5 Å². The molecule has 2 aromatic rings. The van der Waals surface area contributed by atoms with Crippen molar-refractivity contribution in [2.75, 3.05) is 42.9 Å². The topological polar surface area (TPSA) is 64.7 Å². The van der Waals surface area contributed by atoms with Crippen LogP contribution in [0.3, 0.4) is 0 Å². The van der Waals surface area contributed by atoms with Gasteiger partial charge in [0.05, 0.1) is 15.6 Å². The average Bonchev–Trinajstić information content (AvgIpc) is 3.51. The van der Waals surface area contributed by atoms with Crippen LogP contribution in [0, 0.1) is 11.7 Å². The quantitative estimate of drug-likeness (QED) is 0.708. The Morgan fingerprint density at radius 1 is 1.13 bits per heavy atom. The first-order valence-electron chi connectivity index (χ1n) is 10.5. The molecule has 2 amide bonds. The summed E-state index contributed by atoms with van der Waals surface area (Å²) in [5.74, 6) is -0.340. The van der Waals surface area contributed by atoms with Crippen LogP contribution in [0.4, 0.5) is 15.1 Å². The Morgan fingerprint density at radius 3 is 2.57 bits per heavy atom. The number of hydrogen-bond acceptors (Lipinski definition) is 5. The van der Waals surface area contributed by atoms with Crippen molar-refractivity contribution >= 4 is 33.8 Å². The number of carbonyl (C=O) groups excluding carboxylic acids is 2. The average molecular weight is 431 g/mol. The zero-order chi connectivity index (χ0) is 21.1. The molecule has 160 valence electrons. The van der Waals surface area contributed by atoms with Gasteiger partial charge in [0, 0.05) is 38.6 Å². The second-order valence-corrected chi connectivity index (χ2v) is 8.90. The van der Waals surface area contributed by atoms with Gasteiger partial charge in [-0.25, -0.2) is 4.39 Å². The monoisotopic (exact) mass is 430 g/mol. The van der Waals surface area contributed by atoms with Gasteiger partial charge in [0.1, 0.15) is 5.82 Å². The zero-order valence-electron chi connectivity index (χ0n) is 17.1. The summed E-state index contributed by atoms with van der Waals surface area (Å²) in [4.78, 5) is 29.2. The van der Waals surface area contributed by atoms with Crippen molar-refractivity contribution in [2.45, 2.75) is 26.3 Å². The number of rotatable bonds is 7. The van der Waals surface area contributed by atoms with Gasteiger partial charge >= 0.3 is 0 Å². The van der Waals surface area contributed by atoms with Gasteiger partial charge in [-0.2, -0.15) is 0 Å². The van der Waals surface area contributed by atoms with Crippen LogP contribution in [0.25, 0.3) is 0 Å². The third-order valence-electron chi connectivity index (χ3n) is 5.65. The van der Waals surface area contributed by atoms with Gasteiger partial charge in [-0.1, -0.05) is 13.0 Å². The van der Waals surface area contributed by atoms with E-state index in [-0.39, 0.29) is 30.1 Å². The van der Waals surface area contributed by atoms with Gasteiger partial charge in [0.15, 0.2) is 0 Å². The van der Waals surface area contributed by atoms with Crippen LogP contribution in [0.1, 0.15) is 35.0 Å². The molecule has 2 fully saturated rings. The summed E-state index contributed by atoms with van der Waals surface area (Å²) in [6, 6.07) is 8.60. The normalized spacial score (nSPS) is 17.1. The number of nitrogens with zero attached hydrogens (tertiary/aromatic N) is 2. The van der Waals surface area contributed by atoms with E-state index in [9.17, 15) is 14.0 Å². The minimum atomic E-state index is -0.257. The largest absolute Gasteiger partial charge is 0.367 e. The van der Waals surface area contributed by atoms with E-state index in [1.165, 1.54) is 17.4 Å². The molecule has 1 saturated heterocycles. The first kappa shape index (κ1) is 20.8. The molecule has 2 N–H and O–H groups in total. The zero-order valence-corrected chi connectivity index (χ0v) is 17.9. The number of piperazine rings is 1. The minimum absolute atomic E-state index is 0.0236. The highest BCUT2D eigenvalue weighted by atomic mass is 32.1. The van der Waals surface area contributed by atoms with Crippen molar-refractivity contribution in [2.24, 2.45) is 5.92 Å². The summed E-state index contributed by atoms with van der Waals surface area (Å²) in [6.07, 6.45) is 1.88. The minimum Gasteiger partial charge on any atom is -0.367 e. The van der Waals surface area contributed by atoms with E-state index in [2.05, 4.69) is 27.4 Å². The van der Waals surface area contributed by atoms with Gasteiger partial charge < -0.3 is 20.4 Å². The van der Waals surface area contributed by atoms with E-state index in [1.807, 2.05) is 6.07 Å². The van der Waals surface area contributed by atoms with Gasteiger partial charge in [0.25, 0.3) is 5.91 Å². The third kappa shape index (κ3) is 4.99. The lowest BCUT2D eigenvalue weighted by atomic mass is 10.1. The fraction of sp³-hybridized carbons (Fsp3) is 0.455. The van der Waals surface area contributed by atoms with E-state index < -0.39 is 0 Å². The van der Waals surface area contributed by atoms with Gasteiger partial charge in [-0.15, -0.1) is 11.3 Å². The fourth-order valence-electron chi connectivity index (χ4n) is 3.59. The van der Waals surface area contributed by atoms with Gasteiger partial charge in [-0.05, 0) is 49.2 Å². The van der Waals surface area contributed by atoms with Crippen molar-refractivity contribution < 1.29 is 14.0 Å². The number of hydrogen-bond donors (Lipinski definition) is 2. The number of amides is 2. The smallest absolute Gasteiger partial charge is 0.261 e. The Balaban J connectivity index is 1.30. The molecule has 0 radical (unpaired) electrons. The lowest BCUT2D eigenvalue weighted by Crippen LogP contribution is -2.46. The molecule has 0 spiro atoms. The molecular formula is C22H27FN4O2S. The number of nitrogens with one attached hydrogen (secondary N) is 2. The Bertz CT molecular complexity index is 920. The molecule has 1 aliphatic heterocycles. The Kier molecular flexibility index (Phi) is 6.34. The van der Waals surface area contributed by atoms with Gasteiger partial charge in [0.2, 0.25) is 5.91 Å². The van der Waals surface area contributed by atoms with E-state index in [0.717, 1.165) is 51.1 Å². The number of anilines is 2.